The summed E-state index contributed by atoms with van der Waals surface area (Å²) in [5.41, 5.74) is 10.5. The molecule has 1 aliphatic heterocycles. The second kappa shape index (κ2) is 5.38. The normalized spacial score (nSPS) is 16.9. The second-order valence-electron chi connectivity index (χ2n) is 5.82. The van der Waals surface area contributed by atoms with E-state index in [0.717, 1.165) is 22.3 Å². The van der Waals surface area contributed by atoms with Crippen molar-refractivity contribution < 1.29 is 11.3 Å². The number of sulfonamides is 1. The minimum atomic E-state index is -3.76. The van der Waals surface area contributed by atoms with Gasteiger partial charge in [0.15, 0.2) is 0 Å². The van der Waals surface area contributed by atoms with Crippen LogP contribution in [0.3, 0.4) is 0 Å². The third-order valence-corrected chi connectivity index (χ3v) is 5.60. The molecule has 1 aliphatic rings. The van der Waals surface area contributed by atoms with Crippen molar-refractivity contribution >= 4 is 21.7 Å². The van der Waals surface area contributed by atoms with Crippen LogP contribution in [0, 0.1) is 13.8 Å². The average Bonchev–Trinajstić information content (AvgIpc) is 2.45. The van der Waals surface area contributed by atoms with Crippen molar-refractivity contribution in [1.29, 1.82) is 0 Å². The van der Waals surface area contributed by atoms with Gasteiger partial charge in [0, 0.05) is 8.77 Å². The topological polar surface area (TPSA) is 84.5 Å². The van der Waals surface area contributed by atoms with Gasteiger partial charge in [-0.1, -0.05) is 37.3 Å². The van der Waals surface area contributed by atoms with E-state index in [0.29, 0.717) is 5.69 Å². The van der Waals surface area contributed by atoms with E-state index in [9.17, 15) is 8.42 Å². The van der Waals surface area contributed by atoms with Gasteiger partial charge in [-0.05, 0) is 42.2 Å². The lowest BCUT2D eigenvalue weighted by molar-refractivity contribution is 0.597. The summed E-state index contributed by atoms with van der Waals surface area (Å²) in [7, 11) is -3.76. The molecule has 0 radical (unpaired) electrons. The van der Waals surface area contributed by atoms with E-state index >= 15 is 0 Å². The van der Waals surface area contributed by atoms with Gasteiger partial charge in [0.05, 0.1) is 5.69 Å². The Hall–Kier alpha value is -2.34. The highest BCUT2D eigenvalue weighted by Gasteiger charge is 2.29. The van der Waals surface area contributed by atoms with Crippen LogP contribution in [0.5, 0.6) is 0 Å². The van der Waals surface area contributed by atoms with Crippen LogP contribution in [0.1, 0.15) is 37.9 Å². The largest absolute Gasteiger partial charge is 0.369 e. The molecule has 2 aromatic carbocycles. The van der Waals surface area contributed by atoms with E-state index in [1.807, 2.05) is 25.1 Å². The molecule has 23 heavy (non-hydrogen) atoms. The number of hydrogen-bond donors (Lipinski definition) is 2. The molecular weight excluding hydrogens is 310 g/mol. The Bertz CT molecular complexity index is 927. The van der Waals surface area contributed by atoms with Crippen LogP contribution in [0.4, 0.5) is 5.69 Å². The Morgan fingerprint density at radius 3 is 2.52 bits per heavy atom. The molecule has 1 heterocycles. The van der Waals surface area contributed by atoms with Crippen molar-refractivity contribution in [2.45, 2.75) is 31.6 Å². The van der Waals surface area contributed by atoms with Gasteiger partial charge in [-0.3, -0.25) is 0 Å². The molecule has 3 N–H and O–H groups in total. The van der Waals surface area contributed by atoms with Crippen molar-refractivity contribution in [3.63, 3.8) is 0 Å². The number of rotatable bonds is 2. The summed E-state index contributed by atoms with van der Waals surface area (Å²) in [6, 6.07) is 11.5. The van der Waals surface area contributed by atoms with E-state index in [4.69, 9.17) is 5.73 Å². The van der Waals surface area contributed by atoms with Crippen molar-refractivity contribution in [3.8, 4) is 0 Å². The zero-order chi connectivity index (χ0) is 16.8. The molecule has 124 valence electrons. The molecule has 1 atom stereocenters. The summed E-state index contributed by atoms with van der Waals surface area (Å²) in [5, 5.41) is 2.94. The molecule has 5 nitrogen and oxygen atoms in total. The van der Waals surface area contributed by atoms with E-state index < -0.39 is 10.0 Å². The molecular formula is C17H23N3O2S. The molecule has 0 spiro atoms. The average molecular weight is 333 g/mol. The summed E-state index contributed by atoms with van der Waals surface area (Å²) in [6.07, 6.45) is 0. The van der Waals surface area contributed by atoms with Gasteiger partial charge in [0.2, 0.25) is 5.96 Å². The smallest absolute Gasteiger partial charge is 0.287 e. The molecule has 0 bridgehead atoms. The molecule has 2 aromatic rings. The van der Waals surface area contributed by atoms with Gasteiger partial charge < -0.3 is 11.1 Å². The lowest BCUT2D eigenvalue weighted by Crippen LogP contribution is -2.30. The number of fused-ring (bicyclic) bond motifs is 1. The number of anilines is 1. The lowest BCUT2D eigenvalue weighted by Gasteiger charge is -2.25. The highest BCUT2D eigenvalue weighted by molar-refractivity contribution is 7.90. The first-order chi connectivity index (χ1) is 10.8. The van der Waals surface area contributed by atoms with Crippen LogP contribution < -0.4 is 11.1 Å². The lowest BCUT2D eigenvalue weighted by atomic mass is 9.86. The second-order valence-corrected chi connectivity index (χ2v) is 7.40. The summed E-state index contributed by atoms with van der Waals surface area (Å²) in [6.45, 7) is 6.10. The zero-order valence-electron chi connectivity index (χ0n) is 13.3. The number of guanidine groups is 1. The van der Waals surface area contributed by atoms with Crippen LogP contribution in [-0.4, -0.2) is 14.4 Å². The summed E-state index contributed by atoms with van der Waals surface area (Å²) >= 11 is 0. The fourth-order valence-electron chi connectivity index (χ4n) is 3.16. The van der Waals surface area contributed by atoms with Crippen LogP contribution in [0.25, 0.3) is 0 Å². The van der Waals surface area contributed by atoms with Crippen LogP contribution in [-0.2, 0) is 10.0 Å². The first-order valence-corrected chi connectivity index (χ1v) is 8.82. The number of benzene rings is 2. The summed E-state index contributed by atoms with van der Waals surface area (Å²) in [5.74, 6) is -0.0684. The number of nitrogens with one attached hydrogen (secondary N) is 1. The number of nitrogens with two attached hydrogens (primary N) is 1. The van der Waals surface area contributed by atoms with Gasteiger partial charge in [-0.2, -0.15) is 8.42 Å². The first kappa shape index (κ1) is 15.6. The van der Waals surface area contributed by atoms with E-state index in [1.54, 1.807) is 6.07 Å². The van der Waals surface area contributed by atoms with Gasteiger partial charge in [-0.15, -0.1) is 4.40 Å². The predicted octanol–water partition coefficient (Wildman–Crippen LogP) is 3.38. The third kappa shape index (κ3) is 2.59. The standard InChI is InChI=1S/C17H19N3O2S.2H2/c1-10-6-4-5-7-13(10)12(3)15-11(2)8-9-14-16(15)19-17(18)20-23(14,21)22;;/h4-9,12H,1-3H3,(H3,18,19,20);2*1H/t12-;;/m1../s1. The number of nitrogens with zero attached hydrogens (tertiary/aromatic N) is 1. The van der Waals surface area contributed by atoms with Gasteiger partial charge >= 0.3 is 0 Å². The Morgan fingerprint density at radius 2 is 1.83 bits per heavy atom. The predicted molar refractivity (Wildman–Crippen MR) is 96.5 cm³/mol. The van der Waals surface area contributed by atoms with Crippen molar-refractivity contribution in [2.24, 2.45) is 10.1 Å². The Labute approximate surface area is 139 Å². The van der Waals surface area contributed by atoms with Crippen molar-refractivity contribution in [1.82, 2.24) is 0 Å². The van der Waals surface area contributed by atoms with Gasteiger partial charge in [0.25, 0.3) is 10.0 Å². The number of aryl methyl sites for hydroxylation is 2. The molecule has 0 aliphatic carbocycles. The summed E-state index contributed by atoms with van der Waals surface area (Å²) in [4.78, 5) is 0.174. The third-order valence-electron chi connectivity index (χ3n) is 4.26. The highest BCUT2D eigenvalue weighted by atomic mass is 32.2. The van der Waals surface area contributed by atoms with E-state index in [2.05, 4.69) is 35.7 Å². The van der Waals surface area contributed by atoms with E-state index in [-0.39, 0.29) is 19.6 Å². The molecule has 3 rings (SSSR count). The van der Waals surface area contributed by atoms with Crippen LogP contribution >= 0.6 is 0 Å². The monoisotopic (exact) mass is 333 g/mol. The fraction of sp³-hybridized carbons (Fsp3) is 0.235. The SMILES string of the molecule is Cc1ccccc1[C@@H](C)c1c(C)ccc2c1NC(N)=NS2(=O)=O.[HH].[HH]. The minimum Gasteiger partial charge on any atom is -0.369 e. The molecule has 0 saturated heterocycles. The molecule has 0 fully saturated rings. The minimum absolute atomic E-state index is 0. The Morgan fingerprint density at radius 1 is 1.13 bits per heavy atom. The molecule has 6 heteroatoms. The quantitative estimate of drug-likeness (QED) is 0.882. The first-order valence-electron chi connectivity index (χ1n) is 7.38. The highest BCUT2D eigenvalue weighted by Crippen LogP contribution is 2.39. The Balaban J connectivity index is 0.00000156. The summed E-state index contributed by atoms with van der Waals surface area (Å²) < 4.78 is 28.1. The molecule has 0 aromatic heterocycles. The van der Waals surface area contributed by atoms with E-state index in [1.165, 1.54) is 0 Å². The van der Waals surface area contributed by atoms with Crippen LogP contribution in [0.15, 0.2) is 45.7 Å². The molecule has 0 unspecified atom stereocenters. The maximum Gasteiger partial charge on any atom is 0.287 e. The van der Waals surface area contributed by atoms with Crippen LogP contribution in [0.2, 0.25) is 0 Å². The maximum absolute atomic E-state index is 12.3. The zero-order valence-corrected chi connectivity index (χ0v) is 14.1. The number of hydrogen-bond acceptors (Lipinski definition) is 4. The van der Waals surface area contributed by atoms with Gasteiger partial charge in [-0.25, -0.2) is 0 Å². The maximum atomic E-state index is 12.3. The van der Waals surface area contributed by atoms with Crippen molar-refractivity contribution in [3.05, 3.63) is 58.7 Å². The Kier molecular flexibility index (Phi) is 3.64. The molecule has 0 saturated carbocycles. The van der Waals surface area contributed by atoms with Gasteiger partial charge in [0.1, 0.15) is 4.90 Å². The van der Waals surface area contributed by atoms with Crippen molar-refractivity contribution in [2.75, 3.05) is 5.32 Å². The molecule has 0 amide bonds. The fourth-order valence-corrected chi connectivity index (χ4v) is 4.23.